The number of fused-ring (bicyclic) bond motifs is 1. The molecule has 1 aromatic heterocycles. The third-order valence-corrected chi connectivity index (χ3v) is 6.04. The van der Waals surface area contributed by atoms with E-state index < -0.39 is 14.8 Å². The average Bonchev–Trinajstić information content (AvgIpc) is 2.76. The number of nitrogens with zero attached hydrogens (tertiary/aromatic N) is 2. The van der Waals surface area contributed by atoms with Crippen LogP contribution in [0.4, 0.5) is 5.69 Å². The van der Waals surface area contributed by atoms with E-state index in [0.717, 1.165) is 0 Å². The van der Waals surface area contributed by atoms with E-state index >= 15 is 0 Å². The number of sulfone groups is 1. The van der Waals surface area contributed by atoms with Crippen LogP contribution in [0.25, 0.3) is 10.9 Å². The SMILES string of the molecule is COc1cc(S(=O)(=O)c2ccc3c([N+](=O)[O-])c(OC)ccc3n2)cc(OC)c1OC. The number of benzene rings is 2. The number of hydrogen-bond donors (Lipinski definition) is 0. The minimum Gasteiger partial charge on any atom is -0.493 e. The summed E-state index contributed by atoms with van der Waals surface area (Å²) in [6.45, 7) is 0. The van der Waals surface area contributed by atoms with Gasteiger partial charge in [-0.2, -0.15) is 0 Å². The van der Waals surface area contributed by atoms with Crippen molar-refractivity contribution in [2.24, 2.45) is 0 Å². The second kappa shape index (κ2) is 8.03. The summed E-state index contributed by atoms with van der Waals surface area (Å²) in [5.74, 6) is 0.621. The second-order valence-corrected chi connectivity index (χ2v) is 7.85. The Morgan fingerprint density at radius 1 is 0.867 bits per heavy atom. The number of hydrogen-bond acceptors (Lipinski definition) is 9. The van der Waals surface area contributed by atoms with Gasteiger partial charge in [-0.15, -0.1) is 0 Å². The summed E-state index contributed by atoms with van der Waals surface area (Å²) in [5.41, 5.74) is -0.157. The second-order valence-electron chi connectivity index (χ2n) is 5.95. The van der Waals surface area contributed by atoms with Crippen LogP contribution in [-0.2, 0) is 9.84 Å². The van der Waals surface area contributed by atoms with Crippen LogP contribution in [0.3, 0.4) is 0 Å². The van der Waals surface area contributed by atoms with Gasteiger partial charge >= 0.3 is 5.69 Å². The summed E-state index contributed by atoms with van der Waals surface area (Å²) in [4.78, 5) is 14.8. The molecule has 2 aromatic carbocycles. The Labute approximate surface area is 172 Å². The first-order valence-corrected chi connectivity index (χ1v) is 9.94. The Morgan fingerprint density at radius 2 is 1.47 bits per heavy atom. The zero-order valence-corrected chi connectivity index (χ0v) is 17.3. The van der Waals surface area contributed by atoms with Crippen LogP contribution in [-0.4, -0.2) is 46.8 Å². The molecule has 0 atom stereocenters. The molecule has 0 spiro atoms. The lowest BCUT2D eigenvalue weighted by Crippen LogP contribution is -2.07. The molecule has 0 unspecified atom stereocenters. The van der Waals surface area contributed by atoms with E-state index in [4.69, 9.17) is 18.9 Å². The van der Waals surface area contributed by atoms with Gasteiger partial charge in [-0.25, -0.2) is 13.4 Å². The van der Waals surface area contributed by atoms with Gasteiger partial charge in [0.2, 0.25) is 15.6 Å². The highest BCUT2D eigenvalue weighted by Crippen LogP contribution is 2.41. The van der Waals surface area contributed by atoms with Gasteiger partial charge in [-0.05, 0) is 24.3 Å². The fourth-order valence-corrected chi connectivity index (χ4v) is 4.22. The molecule has 0 aliphatic carbocycles. The van der Waals surface area contributed by atoms with Crippen molar-refractivity contribution >= 4 is 26.4 Å². The topological polar surface area (TPSA) is 127 Å². The van der Waals surface area contributed by atoms with E-state index in [1.54, 1.807) is 0 Å². The Hall–Kier alpha value is -3.60. The smallest absolute Gasteiger partial charge is 0.320 e. The molecule has 3 rings (SSSR count). The van der Waals surface area contributed by atoms with Gasteiger partial charge in [0.1, 0.15) is 0 Å². The van der Waals surface area contributed by atoms with Gasteiger partial charge in [0, 0.05) is 12.1 Å². The molecule has 0 saturated heterocycles. The number of methoxy groups -OCH3 is 4. The summed E-state index contributed by atoms with van der Waals surface area (Å²) in [6.07, 6.45) is 0. The summed E-state index contributed by atoms with van der Waals surface area (Å²) < 4.78 is 47.0. The molecule has 0 N–H and O–H groups in total. The van der Waals surface area contributed by atoms with Crippen molar-refractivity contribution in [1.82, 2.24) is 4.98 Å². The lowest BCUT2D eigenvalue weighted by Gasteiger charge is -2.14. The van der Waals surface area contributed by atoms with E-state index in [-0.39, 0.29) is 49.5 Å². The first-order chi connectivity index (χ1) is 14.3. The molecule has 0 amide bonds. The van der Waals surface area contributed by atoms with Gasteiger partial charge in [-0.1, -0.05) is 0 Å². The molecular formula is C19H18N2O8S. The number of pyridine rings is 1. The quantitative estimate of drug-likeness (QED) is 0.407. The Balaban J connectivity index is 2.21. The predicted molar refractivity (Wildman–Crippen MR) is 106 cm³/mol. The maximum Gasteiger partial charge on any atom is 0.320 e. The van der Waals surface area contributed by atoms with Crippen LogP contribution in [0.5, 0.6) is 23.0 Å². The summed E-state index contributed by atoms with van der Waals surface area (Å²) in [7, 11) is 1.36. The van der Waals surface area contributed by atoms with Gasteiger partial charge in [0.15, 0.2) is 22.3 Å². The van der Waals surface area contributed by atoms with Crippen LogP contribution in [0.1, 0.15) is 0 Å². The fraction of sp³-hybridized carbons (Fsp3) is 0.211. The zero-order valence-electron chi connectivity index (χ0n) is 16.5. The standard InChI is InChI=1S/C19H18N2O8S/c1-26-14-7-6-13-12(18(14)21(22)23)5-8-17(20-13)30(24,25)11-9-15(27-2)19(29-4)16(10-11)28-3/h5-10H,1-4H3. The molecular weight excluding hydrogens is 416 g/mol. The van der Waals surface area contributed by atoms with E-state index in [0.29, 0.717) is 0 Å². The molecule has 30 heavy (non-hydrogen) atoms. The molecule has 0 saturated carbocycles. The molecule has 0 fully saturated rings. The third-order valence-electron chi connectivity index (χ3n) is 4.41. The first-order valence-electron chi connectivity index (χ1n) is 8.45. The van der Waals surface area contributed by atoms with Gasteiger partial charge < -0.3 is 18.9 Å². The highest BCUT2D eigenvalue weighted by atomic mass is 32.2. The lowest BCUT2D eigenvalue weighted by molar-refractivity contribution is -0.383. The van der Waals surface area contributed by atoms with E-state index in [1.165, 1.54) is 64.8 Å². The molecule has 10 nitrogen and oxygen atoms in total. The van der Waals surface area contributed by atoms with Gasteiger partial charge in [-0.3, -0.25) is 10.1 Å². The van der Waals surface area contributed by atoms with Crippen molar-refractivity contribution in [3.8, 4) is 23.0 Å². The van der Waals surface area contributed by atoms with Crippen LogP contribution in [0.2, 0.25) is 0 Å². The summed E-state index contributed by atoms with van der Waals surface area (Å²) in [5, 5.41) is 11.3. The molecule has 11 heteroatoms. The first kappa shape index (κ1) is 21.1. The number of nitro benzene ring substituents is 1. The zero-order chi connectivity index (χ0) is 22.1. The van der Waals surface area contributed by atoms with Crippen LogP contribution >= 0.6 is 0 Å². The van der Waals surface area contributed by atoms with Crippen LogP contribution in [0, 0.1) is 10.1 Å². The predicted octanol–water partition coefficient (Wildman–Crippen LogP) is 3.01. The monoisotopic (exact) mass is 434 g/mol. The van der Waals surface area contributed by atoms with Crippen molar-refractivity contribution in [2.75, 3.05) is 28.4 Å². The molecule has 158 valence electrons. The summed E-state index contributed by atoms with van der Waals surface area (Å²) >= 11 is 0. The molecule has 0 bridgehead atoms. The minimum atomic E-state index is -4.10. The van der Waals surface area contributed by atoms with Crippen molar-refractivity contribution < 1.29 is 32.3 Å². The molecule has 0 radical (unpaired) electrons. The van der Waals surface area contributed by atoms with Crippen molar-refractivity contribution in [2.45, 2.75) is 9.92 Å². The van der Waals surface area contributed by atoms with Crippen molar-refractivity contribution in [3.63, 3.8) is 0 Å². The third kappa shape index (κ3) is 3.43. The summed E-state index contributed by atoms with van der Waals surface area (Å²) in [6, 6.07) is 7.93. The average molecular weight is 434 g/mol. The molecule has 3 aromatic rings. The molecule has 0 aliphatic heterocycles. The van der Waals surface area contributed by atoms with E-state index in [2.05, 4.69) is 4.98 Å². The Kier molecular flexibility index (Phi) is 5.65. The van der Waals surface area contributed by atoms with Crippen LogP contribution < -0.4 is 18.9 Å². The van der Waals surface area contributed by atoms with Gasteiger partial charge in [0.25, 0.3) is 0 Å². The lowest BCUT2D eigenvalue weighted by atomic mass is 10.1. The largest absolute Gasteiger partial charge is 0.493 e. The van der Waals surface area contributed by atoms with E-state index in [9.17, 15) is 18.5 Å². The Morgan fingerprint density at radius 3 is 1.97 bits per heavy atom. The normalized spacial score (nSPS) is 11.2. The van der Waals surface area contributed by atoms with Gasteiger partial charge in [0.05, 0.1) is 49.2 Å². The number of aromatic nitrogens is 1. The van der Waals surface area contributed by atoms with E-state index in [1.807, 2.05) is 0 Å². The number of nitro groups is 1. The highest BCUT2D eigenvalue weighted by molar-refractivity contribution is 7.91. The molecule has 0 aliphatic rings. The fourth-order valence-electron chi connectivity index (χ4n) is 2.99. The minimum absolute atomic E-state index is 0.0505. The van der Waals surface area contributed by atoms with Crippen molar-refractivity contribution in [3.05, 3.63) is 46.5 Å². The number of rotatable bonds is 7. The van der Waals surface area contributed by atoms with Crippen molar-refractivity contribution in [1.29, 1.82) is 0 Å². The molecule has 1 heterocycles. The Bertz CT molecular complexity index is 1220. The van der Waals surface area contributed by atoms with Crippen LogP contribution in [0.15, 0.2) is 46.3 Å². The highest BCUT2D eigenvalue weighted by Gasteiger charge is 2.26. The maximum absolute atomic E-state index is 13.2. The maximum atomic E-state index is 13.2. The number of ether oxygens (including phenoxy) is 4.